The van der Waals surface area contributed by atoms with Gasteiger partial charge in [-0.2, -0.15) is 16.7 Å². The van der Waals surface area contributed by atoms with E-state index in [0.717, 1.165) is 67.2 Å². The normalized spacial score (nSPS) is 19.9. The van der Waals surface area contributed by atoms with Gasteiger partial charge in [0.2, 0.25) is 5.95 Å². The minimum atomic E-state index is -0.0497. The Morgan fingerprint density at radius 3 is 2.61 bits per heavy atom. The first-order valence-corrected chi connectivity index (χ1v) is 15.8. The molecule has 1 unspecified atom stereocenters. The van der Waals surface area contributed by atoms with E-state index < -0.39 is 0 Å². The van der Waals surface area contributed by atoms with Crippen molar-refractivity contribution in [3.05, 3.63) is 75.8 Å². The summed E-state index contributed by atoms with van der Waals surface area (Å²) in [7, 11) is 0. The standard InChI is InChI=1S/C32H36N6O2S/c1-20-14-24(22-2-3-22)16-34-29(20)27-15-25-17-35-32(36-26-6-4-23(5-7-26)28-18-33-10-13-41-28)37-30(25)38(31(27)39)19-21-8-11-40-12-9-21/h4-7,14-17,21-22,28,33H,2-3,8-13,18-19H2,1H3,(H,35,36,37). The molecule has 5 heterocycles. The van der Waals surface area contributed by atoms with Crippen LogP contribution in [0.4, 0.5) is 11.6 Å². The van der Waals surface area contributed by atoms with Crippen LogP contribution >= 0.6 is 11.8 Å². The topological polar surface area (TPSA) is 94.0 Å². The van der Waals surface area contributed by atoms with Crippen molar-refractivity contribution in [3.8, 4) is 11.3 Å². The maximum absolute atomic E-state index is 14.1. The molecule has 3 aliphatic rings. The number of rotatable bonds is 7. The summed E-state index contributed by atoms with van der Waals surface area (Å²) >= 11 is 2.00. The van der Waals surface area contributed by atoms with E-state index in [4.69, 9.17) is 14.7 Å². The average Bonchev–Trinajstić information content (AvgIpc) is 3.86. The van der Waals surface area contributed by atoms with E-state index in [-0.39, 0.29) is 5.56 Å². The van der Waals surface area contributed by atoms with Crippen molar-refractivity contribution in [2.45, 2.75) is 50.3 Å². The number of ether oxygens (including phenoxy) is 1. The van der Waals surface area contributed by atoms with E-state index in [0.29, 0.717) is 40.8 Å². The van der Waals surface area contributed by atoms with E-state index in [1.54, 1.807) is 0 Å². The molecule has 4 aromatic rings. The van der Waals surface area contributed by atoms with Crippen molar-refractivity contribution in [3.63, 3.8) is 0 Å². The summed E-state index contributed by atoms with van der Waals surface area (Å²) in [4.78, 5) is 28.4. The lowest BCUT2D eigenvalue weighted by atomic mass is 9.99. The van der Waals surface area contributed by atoms with Crippen LogP contribution in [0.3, 0.4) is 0 Å². The number of anilines is 2. The number of aromatic nitrogens is 4. The second-order valence-electron chi connectivity index (χ2n) is 11.5. The molecule has 0 radical (unpaired) electrons. The predicted octanol–water partition coefficient (Wildman–Crippen LogP) is 5.59. The lowest BCUT2D eigenvalue weighted by Gasteiger charge is -2.24. The summed E-state index contributed by atoms with van der Waals surface area (Å²) in [5.74, 6) is 2.59. The molecule has 0 bridgehead atoms. The Bertz CT molecular complexity index is 1610. The molecule has 212 valence electrons. The molecule has 1 saturated carbocycles. The Hall–Kier alpha value is -3.27. The molecule has 3 fully saturated rings. The minimum absolute atomic E-state index is 0.0497. The van der Waals surface area contributed by atoms with Gasteiger partial charge in [-0.1, -0.05) is 18.2 Å². The number of hydrogen-bond donors (Lipinski definition) is 2. The van der Waals surface area contributed by atoms with Gasteiger partial charge in [-0.3, -0.25) is 14.3 Å². The third kappa shape index (κ3) is 5.76. The van der Waals surface area contributed by atoms with Crippen molar-refractivity contribution in [1.82, 2.24) is 24.8 Å². The van der Waals surface area contributed by atoms with Gasteiger partial charge in [0, 0.05) is 67.3 Å². The zero-order chi connectivity index (χ0) is 27.8. The van der Waals surface area contributed by atoms with Gasteiger partial charge >= 0.3 is 0 Å². The average molecular weight is 569 g/mol. The quantitative estimate of drug-likeness (QED) is 0.298. The molecule has 41 heavy (non-hydrogen) atoms. The lowest BCUT2D eigenvalue weighted by molar-refractivity contribution is 0.0613. The van der Waals surface area contributed by atoms with Crippen LogP contribution in [0.1, 0.15) is 53.5 Å². The first-order valence-electron chi connectivity index (χ1n) is 14.8. The maximum atomic E-state index is 14.1. The molecule has 2 saturated heterocycles. The SMILES string of the molecule is Cc1cc(C2CC2)cnc1-c1cc2cnc(Nc3ccc(C4CNCCS4)cc3)nc2n(CC2CCOCC2)c1=O. The Labute approximate surface area is 244 Å². The number of fused-ring (bicyclic) bond motifs is 1. The summed E-state index contributed by atoms with van der Waals surface area (Å²) in [6.45, 7) is 6.19. The van der Waals surface area contributed by atoms with E-state index in [2.05, 4.69) is 52.9 Å². The smallest absolute Gasteiger partial charge is 0.261 e. The molecule has 2 aliphatic heterocycles. The second-order valence-corrected chi connectivity index (χ2v) is 12.8. The van der Waals surface area contributed by atoms with Crippen LogP contribution in [-0.4, -0.2) is 51.6 Å². The van der Waals surface area contributed by atoms with Crippen molar-refractivity contribution >= 4 is 34.4 Å². The molecular weight excluding hydrogens is 532 g/mol. The summed E-state index contributed by atoms with van der Waals surface area (Å²) in [5.41, 5.74) is 6.51. The van der Waals surface area contributed by atoms with Crippen molar-refractivity contribution in [1.29, 1.82) is 0 Å². The van der Waals surface area contributed by atoms with E-state index >= 15 is 0 Å². The number of benzene rings is 1. The largest absolute Gasteiger partial charge is 0.381 e. The van der Waals surface area contributed by atoms with Gasteiger partial charge in [0.1, 0.15) is 5.65 Å². The van der Waals surface area contributed by atoms with Crippen molar-refractivity contribution in [2.24, 2.45) is 5.92 Å². The molecular formula is C32H36N6O2S. The molecule has 3 aromatic heterocycles. The fourth-order valence-corrected chi connectivity index (χ4v) is 7.09. The van der Waals surface area contributed by atoms with Crippen LogP contribution < -0.4 is 16.2 Å². The highest BCUT2D eigenvalue weighted by Gasteiger charge is 2.25. The number of nitrogens with one attached hydrogen (secondary N) is 2. The third-order valence-electron chi connectivity index (χ3n) is 8.48. The molecule has 0 spiro atoms. The zero-order valence-electron chi connectivity index (χ0n) is 23.4. The molecule has 8 nitrogen and oxygen atoms in total. The summed E-state index contributed by atoms with van der Waals surface area (Å²) in [6, 6.07) is 12.6. The molecule has 9 heteroatoms. The highest BCUT2D eigenvalue weighted by Crippen LogP contribution is 2.40. The van der Waals surface area contributed by atoms with Crippen LogP contribution in [0.5, 0.6) is 0 Å². The first-order chi connectivity index (χ1) is 20.1. The summed E-state index contributed by atoms with van der Waals surface area (Å²) < 4.78 is 7.44. The monoisotopic (exact) mass is 568 g/mol. The van der Waals surface area contributed by atoms with Gasteiger partial charge in [-0.25, -0.2) is 4.98 Å². The second kappa shape index (κ2) is 11.5. The van der Waals surface area contributed by atoms with Crippen molar-refractivity contribution < 1.29 is 4.74 Å². The fraction of sp³-hybridized carbons (Fsp3) is 0.438. The van der Waals surface area contributed by atoms with Crippen LogP contribution in [0.15, 0.2) is 53.6 Å². The van der Waals surface area contributed by atoms with Gasteiger partial charge in [0.15, 0.2) is 0 Å². The number of nitrogens with zero attached hydrogens (tertiary/aromatic N) is 4. The van der Waals surface area contributed by atoms with E-state index in [1.165, 1.54) is 24.0 Å². The van der Waals surface area contributed by atoms with Crippen LogP contribution in [0, 0.1) is 12.8 Å². The molecule has 1 aromatic carbocycles. The van der Waals surface area contributed by atoms with Crippen LogP contribution in [0.2, 0.25) is 0 Å². The number of hydrogen-bond acceptors (Lipinski definition) is 8. The highest BCUT2D eigenvalue weighted by atomic mass is 32.2. The number of pyridine rings is 2. The summed E-state index contributed by atoms with van der Waals surface area (Å²) in [6.07, 6.45) is 8.09. The highest BCUT2D eigenvalue weighted by molar-refractivity contribution is 7.99. The Balaban J connectivity index is 1.23. The lowest BCUT2D eigenvalue weighted by Crippen LogP contribution is -2.29. The van der Waals surface area contributed by atoms with Gasteiger partial charge in [0.25, 0.3) is 5.56 Å². The minimum Gasteiger partial charge on any atom is -0.381 e. The van der Waals surface area contributed by atoms with E-state index in [1.807, 2.05) is 34.8 Å². The predicted molar refractivity (Wildman–Crippen MR) is 165 cm³/mol. The maximum Gasteiger partial charge on any atom is 0.261 e. The van der Waals surface area contributed by atoms with Gasteiger partial charge < -0.3 is 15.4 Å². The Kier molecular flexibility index (Phi) is 7.50. The van der Waals surface area contributed by atoms with Gasteiger partial charge in [-0.15, -0.1) is 0 Å². The Morgan fingerprint density at radius 2 is 1.88 bits per heavy atom. The number of thioether (sulfide) groups is 1. The molecule has 7 rings (SSSR count). The van der Waals surface area contributed by atoms with Crippen LogP contribution in [-0.2, 0) is 11.3 Å². The van der Waals surface area contributed by atoms with Gasteiger partial charge in [0.05, 0.1) is 11.3 Å². The number of aryl methyl sites for hydroxylation is 1. The van der Waals surface area contributed by atoms with Crippen LogP contribution in [0.25, 0.3) is 22.3 Å². The zero-order valence-corrected chi connectivity index (χ0v) is 24.3. The molecule has 1 aliphatic carbocycles. The Morgan fingerprint density at radius 1 is 1.05 bits per heavy atom. The molecule has 2 N–H and O–H groups in total. The molecule has 0 amide bonds. The van der Waals surface area contributed by atoms with Gasteiger partial charge in [-0.05, 0) is 79.3 Å². The third-order valence-corrected chi connectivity index (χ3v) is 9.76. The fourth-order valence-electron chi connectivity index (χ4n) is 5.95. The van der Waals surface area contributed by atoms with E-state index in [9.17, 15) is 4.79 Å². The molecule has 1 atom stereocenters. The first kappa shape index (κ1) is 26.6. The summed E-state index contributed by atoms with van der Waals surface area (Å²) in [5, 5.41) is 8.15. The van der Waals surface area contributed by atoms with Crippen molar-refractivity contribution in [2.75, 3.05) is 37.4 Å².